The summed E-state index contributed by atoms with van der Waals surface area (Å²) in [6, 6.07) is 22.3. The molecule has 32 heavy (non-hydrogen) atoms. The number of hydrogen-bond acceptors (Lipinski definition) is 3. The number of hydrogen-bond donors (Lipinski definition) is 3. The zero-order valence-corrected chi connectivity index (χ0v) is 19.0. The van der Waals surface area contributed by atoms with Crippen LogP contribution in [0.4, 0.5) is 21.9 Å². The second-order valence-corrected chi connectivity index (χ2v) is 7.82. The number of benzene rings is 3. The zero-order chi connectivity index (χ0) is 23.1. The van der Waals surface area contributed by atoms with Gasteiger partial charge in [0.05, 0.1) is 11.6 Å². The highest BCUT2D eigenvalue weighted by molar-refractivity contribution is 6.04. The Labute approximate surface area is 189 Å². The zero-order valence-electron chi connectivity index (χ0n) is 19.0. The van der Waals surface area contributed by atoms with E-state index in [1.54, 1.807) is 12.1 Å². The molecule has 0 saturated carbocycles. The van der Waals surface area contributed by atoms with Crippen molar-refractivity contribution >= 4 is 29.0 Å². The summed E-state index contributed by atoms with van der Waals surface area (Å²) in [5, 5.41) is 8.78. The molecule has 0 aliphatic heterocycles. The SMILES string of the molecule is CCc1ccccc1NC(=O)Nc1ccc(N(C)C)c(C(=O)NC(C)c2ccccc2)c1. The number of aryl methyl sites for hydroxylation is 1. The number of anilines is 3. The Morgan fingerprint density at radius 1 is 0.906 bits per heavy atom. The summed E-state index contributed by atoms with van der Waals surface area (Å²) in [7, 11) is 3.77. The van der Waals surface area contributed by atoms with E-state index in [1.807, 2.05) is 93.5 Å². The van der Waals surface area contributed by atoms with Gasteiger partial charge in [-0.1, -0.05) is 55.5 Å². The molecular weight excluding hydrogens is 400 g/mol. The maximum Gasteiger partial charge on any atom is 0.323 e. The molecule has 6 heteroatoms. The molecule has 0 heterocycles. The van der Waals surface area contributed by atoms with Crippen molar-refractivity contribution in [3.63, 3.8) is 0 Å². The summed E-state index contributed by atoms with van der Waals surface area (Å²) in [6.07, 6.45) is 0.817. The highest BCUT2D eigenvalue weighted by Gasteiger charge is 2.17. The normalized spacial score (nSPS) is 11.4. The van der Waals surface area contributed by atoms with Crippen LogP contribution < -0.4 is 20.9 Å². The fourth-order valence-electron chi connectivity index (χ4n) is 3.52. The average Bonchev–Trinajstić information content (AvgIpc) is 2.79. The monoisotopic (exact) mass is 430 g/mol. The van der Waals surface area contributed by atoms with Crippen molar-refractivity contribution in [3.05, 3.63) is 89.5 Å². The van der Waals surface area contributed by atoms with Gasteiger partial charge in [0.1, 0.15) is 0 Å². The molecule has 0 fully saturated rings. The van der Waals surface area contributed by atoms with E-state index in [2.05, 4.69) is 16.0 Å². The molecule has 1 atom stereocenters. The molecule has 6 nitrogen and oxygen atoms in total. The number of para-hydroxylation sites is 1. The number of urea groups is 1. The van der Waals surface area contributed by atoms with Gasteiger partial charge in [0.15, 0.2) is 0 Å². The van der Waals surface area contributed by atoms with Crippen LogP contribution in [-0.4, -0.2) is 26.0 Å². The van der Waals surface area contributed by atoms with E-state index in [1.165, 1.54) is 0 Å². The van der Waals surface area contributed by atoms with E-state index >= 15 is 0 Å². The van der Waals surface area contributed by atoms with Gasteiger partial charge in [-0.15, -0.1) is 0 Å². The van der Waals surface area contributed by atoms with Gasteiger partial charge >= 0.3 is 6.03 Å². The molecule has 166 valence electrons. The molecule has 3 aromatic rings. The van der Waals surface area contributed by atoms with Crippen molar-refractivity contribution in [1.82, 2.24) is 5.32 Å². The smallest absolute Gasteiger partial charge is 0.323 e. The van der Waals surface area contributed by atoms with Crippen molar-refractivity contribution in [2.24, 2.45) is 0 Å². The Bertz CT molecular complexity index is 1080. The van der Waals surface area contributed by atoms with Crippen LogP contribution in [-0.2, 0) is 6.42 Å². The van der Waals surface area contributed by atoms with Crippen molar-refractivity contribution in [2.45, 2.75) is 26.3 Å². The van der Waals surface area contributed by atoms with Crippen LogP contribution in [0.1, 0.15) is 41.4 Å². The topological polar surface area (TPSA) is 73.5 Å². The number of carbonyl (C=O) groups excluding carboxylic acids is 2. The Morgan fingerprint density at radius 2 is 1.59 bits per heavy atom. The van der Waals surface area contributed by atoms with E-state index in [0.29, 0.717) is 11.3 Å². The van der Waals surface area contributed by atoms with Crippen molar-refractivity contribution in [1.29, 1.82) is 0 Å². The highest BCUT2D eigenvalue weighted by Crippen LogP contribution is 2.25. The third kappa shape index (κ3) is 5.66. The second kappa shape index (κ2) is 10.5. The Morgan fingerprint density at radius 3 is 2.28 bits per heavy atom. The van der Waals surface area contributed by atoms with Crippen LogP contribution in [0.5, 0.6) is 0 Å². The first kappa shape index (κ1) is 22.9. The van der Waals surface area contributed by atoms with Crippen molar-refractivity contribution in [3.8, 4) is 0 Å². The van der Waals surface area contributed by atoms with Gasteiger partial charge in [-0.05, 0) is 48.7 Å². The standard InChI is InChI=1S/C26H30N4O2/c1-5-19-11-9-10-14-23(19)29-26(32)28-21-15-16-24(30(3)4)22(17-21)25(31)27-18(2)20-12-7-6-8-13-20/h6-18H,5H2,1-4H3,(H,27,31)(H2,28,29,32). The van der Waals surface area contributed by atoms with Crippen molar-refractivity contribution in [2.75, 3.05) is 29.6 Å². The fourth-order valence-corrected chi connectivity index (χ4v) is 3.52. The van der Waals surface area contributed by atoms with E-state index in [4.69, 9.17) is 0 Å². The van der Waals surface area contributed by atoms with Gasteiger partial charge in [0.25, 0.3) is 5.91 Å². The predicted octanol–water partition coefficient (Wildman–Crippen LogP) is 5.45. The fraction of sp³-hybridized carbons (Fsp3) is 0.231. The van der Waals surface area contributed by atoms with Crippen LogP contribution >= 0.6 is 0 Å². The van der Waals surface area contributed by atoms with Crippen LogP contribution in [0.15, 0.2) is 72.8 Å². The number of nitrogens with zero attached hydrogens (tertiary/aromatic N) is 1. The van der Waals surface area contributed by atoms with Crippen LogP contribution in [0.25, 0.3) is 0 Å². The van der Waals surface area contributed by atoms with Gasteiger partial charge in [-0.2, -0.15) is 0 Å². The highest BCUT2D eigenvalue weighted by atomic mass is 16.2. The summed E-state index contributed by atoms with van der Waals surface area (Å²) >= 11 is 0. The minimum atomic E-state index is -0.354. The summed E-state index contributed by atoms with van der Waals surface area (Å²) in [5.41, 5.74) is 4.65. The molecule has 3 N–H and O–H groups in total. The second-order valence-electron chi connectivity index (χ2n) is 7.82. The molecule has 0 aliphatic carbocycles. The molecule has 0 aliphatic rings. The molecule has 0 radical (unpaired) electrons. The number of carbonyl (C=O) groups is 2. The number of rotatable bonds is 7. The number of amides is 3. The van der Waals surface area contributed by atoms with E-state index in [0.717, 1.165) is 28.9 Å². The minimum Gasteiger partial charge on any atom is -0.377 e. The van der Waals surface area contributed by atoms with Gasteiger partial charge in [-0.25, -0.2) is 4.79 Å². The quantitative estimate of drug-likeness (QED) is 0.467. The van der Waals surface area contributed by atoms with E-state index < -0.39 is 0 Å². The van der Waals surface area contributed by atoms with Gasteiger partial charge in [0, 0.05) is 31.2 Å². The Hall–Kier alpha value is -3.80. The molecule has 1 unspecified atom stereocenters. The third-order valence-electron chi connectivity index (χ3n) is 5.27. The van der Waals surface area contributed by atoms with E-state index in [9.17, 15) is 9.59 Å². The molecule has 3 aromatic carbocycles. The first-order valence-corrected chi connectivity index (χ1v) is 10.7. The Balaban J connectivity index is 1.78. The van der Waals surface area contributed by atoms with Crippen LogP contribution in [0.3, 0.4) is 0 Å². The number of nitrogens with one attached hydrogen (secondary N) is 3. The lowest BCUT2D eigenvalue weighted by Crippen LogP contribution is -2.28. The lowest BCUT2D eigenvalue weighted by atomic mass is 10.1. The molecule has 3 rings (SSSR count). The summed E-state index contributed by atoms with van der Waals surface area (Å²) in [6.45, 7) is 3.99. The maximum atomic E-state index is 13.1. The maximum absolute atomic E-state index is 13.1. The molecule has 0 bridgehead atoms. The van der Waals surface area contributed by atoms with Gasteiger partial charge in [0.2, 0.25) is 0 Å². The first-order chi connectivity index (χ1) is 15.4. The third-order valence-corrected chi connectivity index (χ3v) is 5.27. The molecular formula is C26H30N4O2. The van der Waals surface area contributed by atoms with Crippen LogP contribution in [0.2, 0.25) is 0 Å². The first-order valence-electron chi connectivity index (χ1n) is 10.7. The molecule has 0 saturated heterocycles. The predicted molar refractivity (Wildman–Crippen MR) is 132 cm³/mol. The van der Waals surface area contributed by atoms with Gasteiger partial charge < -0.3 is 20.9 Å². The lowest BCUT2D eigenvalue weighted by Gasteiger charge is -2.21. The van der Waals surface area contributed by atoms with Gasteiger partial charge in [-0.3, -0.25) is 4.79 Å². The largest absolute Gasteiger partial charge is 0.377 e. The van der Waals surface area contributed by atoms with Crippen molar-refractivity contribution < 1.29 is 9.59 Å². The molecule has 0 aromatic heterocycles. The molecule has 3 amide bonds. The average molecular weight is 431 g/mol. The van der Waals surface area contributed by atoms with Crippen LogP contribution in [0, 0.1) is 0 Å². The Kier molecular flexibility index (Phi) is 7.49. The summed E-state index contributed by atoms with van der Waals surface area (Å²) < 4.78 is 0. The molecule has 0 spiro atoms. The summed E-state index contributed by atoms with van der Waals surface area (Å²) in [4.78, 5) is 27.6. The minimum absolute atomic E-state index is 0.149. The van der Waals surface area contributed by atoms with E-state index in [-0.39, 0.29) is 18.0 Å². The summed E-state index contributed by atoms with van der Waals surface area (Å²) in [5.74, 6) is -0.203. The lowest BCUT2D eigenvalue weighted by molar-refractivity contribution is 0.0940.